The molecule has 0 radical (unpaired) electrons. The van der Waals surface area contributed by atoms with Gasteiger partial charge in [-0.05, 0) is 19.1 Å². The lowest BCUT2D eigenvalue weighted by molar-refractivity contribution is -0.142. The van der Waals surface area contributed by atoms with Gasteiger partial charge in [0.05, 0.1) is 12.8 Å². The van der Waals surface area contributed by atoms with Gasteiger partial charge in [-0.1, -0.05) is 17.3 Å². The van der Waals surface area contributed by atoms with E-state index in [1.165, 1.54) is 0 Å². The van der Waals surface area contributed by atoms with Gasteiger partial charge in [0.25, 0.3) is 0 Å². The van der Waals surface area contributed by atoms with Crippen molar-refractivity contribution in [2.75, 3.05) is 13.7 Å². The maximum atomic E-state index is 10.2. The van der Waals surface area contributed by atoms with E-state index < -0.39 is 12.6 Å². The summed E-state index contributed by atoms with van der Waals surface area (Å²) in [6.45, 7) is 1.29. The normalized spacial score (nSPS) is 11.0. The van der Waals surface area contributed by atoms with Crippen LogP contribution in [0.15, 0.2) is 29.4 Å². The van der Waals surface area contributed by atoms with Gasteiger partial charge < -0.3 is 14.7 Å². The van der Waals surface area contributed by atoms with Crippen LogP contribution in [-0.2, 0) is 9.63 Å². The Kier molecular flexibility index (Phi) is 4.32. The first-order chi connectivity index (χ1) is 7.63. The number of rotatable bonds is 5. The number of benzene rings is 1. The lowest BCUT2D eigenvalue weighted by Gasteiger charge is -2.03. The van der Waals surface area contributed by atoms with Crippen LogP contribution in [0, 0.1) is 0 Å². The Morgan fingerprint density at radius 1 is 1.50 bits per heavy atom. The Balaban J connectivity index is 2.71. The molecule has 0 saturated heterocycles. The van der Waals surface area contributed by atoms with E-state index in [0.717, 1.165) is 5.56 Å². The fourth-order valence-electron chi connectivity index (χ4n) is 1.09. The number of methoxy groups -OCH3 is 1. The number of oxime groups is 1. The van der Waals surface area contributed by atoms with E-state index in [1.807, 2.05) is 18.2 Å². The molecule has 5 nitrogen and oxygen atoms in total. The Labute approximate surface area is 93.3 Å². The number of hydrogen-bond donors (Lipinski definition) is 1. The molecule has 0 aliphatic heterocycles. The summed E-state index contributed by atoms with van der Waals surface area (Å²) < 4.78 is 5.06. The van der Waals surface area contributed by atoms with E-state index >= 15 is 0 Å². The highest BCUT2D eigenvalue weighted by atomic mass is 16.6. The minimum atomic E-state index is -1.05. The Bertz CT molecular complexity index is 401. The molecule has 1 aromatic carbocycles. The third-order valence-electron chi connectivity index (χ3n) is 1.88. The van der Waals surface area contributed by atoms with Gasteiger partial charge in [0.15, 0.2) is 0 Å². The van der Waals surface area contributed by atoms with E-state index in [-0.39, 0.29) is 0 Å². The second-order valence-corrected chi connectivity index (χ2v) is 3.08. The summed E-state index contributed by atoms with van der Waals surface area (Å²) in [7, 11) is 1.58. The third-order valence-corrected chi connectivity index (χ3v) is 1.88. The first kappa shape index (κ1) is 12.0. The van der Waals surface area contributed by atoms with Gasteiger partial charge in [-0.3, -0.25) is 0 Å². The van der Waals surface area contributed by atoms with Crippen LogP contribution >= 0.6 is 0 Å². The monoisotopic (exact) mass is 223 g/mol. The highest BCUT2D eigenvalue weighted by Gasteiger charge is 2.01. The maximum absolute atomic E-state index is 10.2. The highest BCUT2D eigenvalue weighted by Crippen LogP contribution is 2.13. The molecular weight excluding hydrogens is 210 g/mol. The fourth-order valence-corrected chi connectivity index (χ4v) is 1.09. The number of aliphatic carboxylic acids is 1. The van der Waals surface area contributed by atoms with E-state index in [2.05, 4.69) is 9.99 Å². The Hall–Kier alpha value is -2.04. The SMILES string of the molecule is COc1cccc(C(C)=NOCC(=O)O)c1. The van der Waals surface area contributed by atoms with Gasteiger partial charge in [-0.2, -0.15) is 0 Å². The quantitative estimate of drug-likeness (QED) is 0.607. The summed E-state index contributed by atoms with van der Waals surface area (Å²) in [5.74, 6) is -0.340. The average molecular weight is 223 g/mol. The molecule has 0 spiro atoms. The average Bonchev–Trinajstić information content (AvgIpc) is 2.28. The van der Waals surface area contributed by atoms with Crippen LogP contribution in [0.1, 0.15) is 12.5 Å². The molecule has 5 heteroatoms. The molecular formula is C11H13NO4. The lowest BCUT2D eigenvalue weighted by atomic mass is 10.1. The summed E-state index contributed by atoms with van der Waals surface area (Å²) >= 11 is 0. The highest BCUT2D eigenvalue weighted by molar-refractivity contribution is 5.98. The second-order valence-electron chi connectivity index (χ2n) is 3.08. The molecule has 1 rings (SSSR count). The van der Waals surface area contributed by atoms with E-state index in [4.69, 9.17) is 9.84 Å². The predicted molar refractivity (Wildman–Crippen MR) is 58.8 cm³/mol. The molecule has 86 valence electrons. The molecule has 0 heterocycles. The van der Waals surface area contributed by atoms with E-state index in [9.17, 15) is 4.79 Å². The van der Waals surface area contributed by atoms with E-state index in [0.29, 0.717) is 11.5 Å². The number of nitrogens with zero attached hydrogens (tertiary/aromatic N) is 1. The van der Waals surface area contributed by atoms with Crippen molar-refractivity contribution in [3.05, 3.63) is 29.8 Å². The van der Waals surface area contributed by atoms with Crippen molar-refractivity contribution < 1.29 is 19.5 Å². The zero-order valence-electron chi connectivity index (χ0n) is 9.14. The van der Waals surface area contributed by atoms with Gasteiger partial charge in [0.2, 0.25) is 6.61 Å². The van der Waals surface area contributed by atoms with Crippen molar-refractivity contribution in [3.8, 4) is 5.75 Å². The predicted octanol–water partition coefficient (Wildman–Crippen LogP) is 1.52. The summed E-state index contributed by atoms with van der Waals surface area (Å²) in [5, 5.41) is 12.1. The van der Waals surface area contributed by atoms with Crippen LogP contribution in [-0.4, -0.2) is 30.5 Å². The van der Waals surface area contributed by atoms with Crippen LogP contribution in [0.3, 0.4) is 0 Å². The summed E-state index contributed by atoms with van der Waals surface area (Å²) in [6, 6.07) is 7.27. The van der Waals surface area contributed by atoms with Gasteiger partial charge in [0.1, 0.15) is 5.75 Å². The number of carboxylic acids is 1. The van der Waals surface area contributed by atoms with Crippen molar-refractivity contribution in [2.24, 2.45) is 5.16 Å². The topological polar surface area (TPSA) is 68.1 Å². The van der Waals surface area contributed by atoms with Gasteiger partial charge in [-0.25, -0.2) is 4.79 Å². The molecule has 16 heavy (non-hydrogen) atoms. The van der Waals surface area contributed by atoms with Crippen molar-refractivity contribution >= 4 is 11.7 Å². The minimum absolute atomic E-state index is 0.443. The molecule has 0 fully saturated rings. The number of carboxylic acid groups (broad SMARTS) is 1. The first-order valence-corrected chi connectivity index (χ1v) is 4.66. The molecule has 0 aliphatic rings. The zero-order valence-corrected chi connectivity index (χ0v) is 9.14. The van der Waals surface area contributed by atoms with Gasteiger partial charge >= 0.3 is 5.97 Å². The third kappa shape index (κ3) is 3.61. The van der Waals surface area contributed by atoms with Crippen molar-refractivity contribution in [1.82, 2.24) is 0 Å². The Morgan fingerprint density at radius 2 is 2.25 bits per heavy atom. The van der Waals surface area contributed by atoms with Crippen molar-refractivity contribution in [1.29, 1.82) is 0 Å². The fraction of sp³-hybridized carbons (Fsp3) is 0.273. The molecule has 0 amide bonds. The molecule has 0 aliphatic carbocycles. The summed E-state index contributed by atoms with van der Waals surface area (Å²) in [5.41, 5.74) is 1.42. The van der Waals surface area contributed by atoms with Crippen molar-refractivity contribution in [3.63, 3.8) is 0 Å². The van der Waals surface area contributed by atoms with Crippen molar-refractivity contribution in [2.45, 2.75) is 6.92 Å². The smallest absolute Gasteiger partial charge is 0.344 e. The minimum Gasteiger partial charge on any atom is -0.497 e. The van der Waals surface area contributed by atoms with Gasteiger partial charge in [-0.15, -0.1) is 0 Å². The first-order valence-electron chi connectivity index (χ1n) is 4.66. The molecule has 1 N–H and O–H groups in total. The van der Waals surface area contributed by atoms with Crippen LogP contribution in [0.25, 0.3) is 0 Å². The van der Waals surface area contributed by atoms with Gasteiger partial charge in [0, 0.05) is 5.56 Å². The lowest BCUT2D eigenvalue weighted by Crippen LogP contribution is -2.05. The zero-order chi connectivity index (χ0) is 12.0. The molecule has 0 atom stereocenters. The number of ether oxygens (including phenoxy) is 1. The Morgan fingerprint density at radius 3 is 2.88 bits per heavy atom. The second kappa shape index (κ2) is 5.75. The van der Waals surface area contributed by atoms with Crippen LogP contribution in [0.4, 0.5) is 0 Å². The molecule has 0 saturated carbocycles. The standard InChI is InChI=1S/C11H13NO4/c1-8(12-16-7-11(13)14)9-4-3-5-10(6-9)15-2/h3-6H,7H2,1-2H3,(H,13,14). The van der Waals surface area contributed by atoms with Crippen LogP contribution in [0.2, 0.25) is 0 Å². The number of hydrogen-bond acceptors (Lipinski definition) is 4. The summed E-state index contributed by atoms with van der Waals surface area (Å²) in [4.78, 5) is 14.8. The number of carbonyl (C=O) groups is 1. The maximum Gasteiger partial charge on any atom is 0.344 e. The van der Waals surface area contributed by atoms with Crippen LogP contribution in [0.5, 0.6) is 5.75 Å². The molecule has 0 bridgehead atoms. The molecule has 1 aromatic rings. The summed E-state index contributed by atoms with van der Waals surface area (Å²) in [6.07, 6.45) is 0. The molecule has 0 unspecified atom stereocenters. The largest absolute Gasteiger partial charge is 0.497 e. The van der Waals surface area contributed by atoms with E-state index in [1.54, 1.807) is 20.1 Å². The van der Waals surface area contributed by atoms with Crippen LogP contribution < -0.4 is 4.74 Å². The molecule has 0 aromatic heterocycles.